The largest absolute Gasteiger partial charge is 0.465 e. The highest BCUT2D eigenvalue weighted by Gasteiger charge is 2.57. The van der Waals surface area contributed by atoms with Gasteiger partial charge >= 0.3 is 23.9 Å². The van der Waals surface area contributed by atoms with Crippen molar-refractivity contribution >= 4 is 29.8 Å². The second-order valence-electron chi connectivity index (χ2n) is 7.05. The highest BCUT2D eigenvalue weighted by Crippen LogP contribution is 2.35. The Morgan fingerprint density at radius 2 is 1.62 bits per heavy atom. The molecule has 1 aliphatic heterocycles. The Morgan fingerprint density at radius 3 is 2.06 bits per heavy atom. The van der Waals surface area contributed by atoms with Gasteiger partial charge in [0.15, 0.2) is 12.2 Å². The van der Waals surface area contributed by atoms with Crippen LogP contribution in [0.15, 0.2) is 0 Å². The molecule has 1 amide bonds. The zero-order chi connectivity index (χ0) is 24.6. The molecule has 1 fully saturated rings. The topological polar surface area (TPSA) is 173 Å². The van der Waals surface area contributed by atoms with Crippen molar-refractivity contribution in [1.29, 1.82) is 0 Å². The quantitative estimate of drug-likeness (QED) is 0.302. The van der Waals surface area contributed by atoms with E-state index in [1.54, 1.807) is 0 Å². The maximum atomic E-state index is 12.4. The second-order valence-corrected chi connectivity index (χ2v) is 7.05. The average Bonchev–Trinajstić information content (AvgIpc) is 2.69. The molecule has 13 nitrogen and oxygen atoms in total. The highest BCUT2D eigenvalue weighted by molar-refractivity contribution is 5.78. The molecule has 0 aromatic carbocycles. The number of hydrogen-bond acceptors (Lipinski definition) is 12. The van der Waals surface area contributed by atoms with Crippen LogP contribution in [0.3, 0.4) is 0 Å². The van der Waals surface area contributed by atoms with E-state index in [4.69, 9.17) is 28.4 Å². The summed E-state index contributed by atoms with van der Waals surface area (Å²) in [5, 5.41) is 13.2. The molecular formula is C19H29NO12. The van der Waals surface area contributed by atoms with Crippen molar-refractivity contribution in [2.75, 3.05) is 20.8 Å². The van der Waals surface area contributed by atoms with Gasteiger partial charge in [-0.25, -0.2) is 4.79 Å². The van der Waals surface area contributed by atoms with E-state index in [0.717, 1.165) is 35.0 Å². The Balaban J connectivity index is 3.54. The predicted molar refractivity (Wildman–Crippen MR) is 103 cm³/mol. The molecule has 1 saturated heterocycles. The van der Waals surface area contributed by atoms with Crippen molar-refractivity contribution in [3.05, 3.63) is 0 Å². The van der Waals surface area contributed by atoms with Crippen molar-refractivity contribution in [3.63, 3.8) is 0 Å². The van der Waals surface area contributed by atoms with E-state index in [1.165, 1.54) is 6.92 Å². The van der Waals surface area contributed by atoms with Crippen molar-refractivity contribution in [2.45, 2.75) is 70.4 Å². The van der Waals surface area contributed by atoms with Crippen LogP contribution < -0.4 is 5.32 Å². The van der Waals surface area contributed by atoms with E-state index in [-0.39, 0.29) is 0 Å². The maximum Gasteiger partial charge on any atom is 0.366 e. The third-order valence-electron chi connectivity index (χ3n) is 4.53. The Hall–Kier alpha value is -2.77. The molecule has 0 radical (unpaired) electrons. The molecule has 1 heterocycles. The zero-order valence-electron chi connectivity index (χ0n) is 18.7. The average molecular weight is 463 g/mol. The summed E-state index contributed by atoms with van der Waals surface area (Å²) >= 11 is 0. The molecule has 0 aliphatic carbocycles. The summed E-state index contributed by atoms with van der Waals surface area (Å²) in [6.45, 7) is 3.86. The van der Waals surface area contributed by atoms with Crippen LogP contribution >= 0.6 is 0 Å². The number of aliphatic hydroxyl groups is 1. The minimum atomic E-state index is -2.13. The first-order valence-electron chi connectivity index (χ1n) is 9.61. The number of carbonyl (C=O) groups is 5. The van der Waals surface area contributed by atoms with Gasteiger partial charge in [0.1, 0.15) is 12.7 Å². The number of ether oxygens (including phenoxy) is 6. The molecular weight excluding hydrogens is 434 g/mol. The lowest BCUT2D eigenvalue weighted by Gasteiger charge is -2.47. The Morgan fingerprint density at radius 1 is 1.03 bits per heavy atom. The molecule has 0 saturated carbocycles. The molecule has 0 spiro atoms. The number of carbonyl (C=O) groups excluding carboxylic acids is 5. The third kappa shape index (κ3) is 7.14. The molecule has 32 heavy (non-hydrogen) atoms. The van der Waals surface area contributed by atoms with E-state index in [0.29, 0.717) is 0 Å². The monoisotopic (exact) mass is 463 g/mol. The van der Waals surface area contributed by atoms with Gasteiger partial charge in [-0.3, -0.25) is 19.2 Å². The first kappa shape index (κ1) is 27.3. The van der Waals surface area contributed by atoms with Crippen LogP contribution in [-0.4, -0.2) is 92.0 Å². The highest BCUT2D eigenvalue weighted by atomic mass is 16.7. The SMILES string of the molecule is COC(=O)[C@]1(OC)C[C@H](O)[C@@H](NC(C)=O)[C@H]([C@H](OC(C)=O)[C@@H](COC(C)=O)OC(C)=O)O1. The van der Waals surface area contributed by atoms with Gasteiger partial charge in [0.05, 0.1) is 19.3 Å². The summed E-state index contributed by atoms with van der Waals surface area (Å²) in [5.41, 5.74) is 0. The fourth-order valence-electron chi connectivity index (χ4n) is 3.30. The van der Waals surface area contributed by atoms with Gasteiger partial charge in [0.25, 0.3) is 5.79 Å². The smallest absolute Gasteiger partial charge is 0.366 e. The Kier molecular flexibility index (Phi) is 10.0. The summed E-state index contributed by atoms with van der Waals surface area (Å²) < 4.78 is 31.1. The molecule has 182 valence electrons. The van der Waals surface area contributed by atoms with Gasteiger partial charge in [-0.1, -0.05) is 0 Å². The number of rotatable bonds is 9. The number of methoxy groups -OCH3 is 2. The fourth-order valence-corrected chi connectivity index (χ4v) is 3.30. The van der Waals surface area contributed by atoms with Crippen LogP contribution in [0.2, 0.25) is 0 Å². The van der Waals surface area contributed by atoms with E-state index in [2.05, 4.69) is 5.32 Å². The first-order valence-corrected chi connectivity index (χ1v) is 9.61. The first-order chi connectivity index (χ1) is 14.9. The summed E-state index contributed by atoms with van der Waals surface area (Å²) in [6.07, 6.45) is -6.33. The third-order valence-corrected chi connectivity index (χ3v) is 4.53. The lowest BCUT2D eigenvalue weighted by molar-refractivity contribution is -0.306. The minimum absolute atomic E-state index is 0.438. The standard InChI is InChI=1S/C19H29NO12/c1-9(21)20-15-13(25)7-19(28-6,18(26)27-5)32-17(15)16(31-12(4)24)14(30-11(3)23)8-29-10(2)22/h13-17,25H,7-8H2,1-6H3,(H,20,21)/t13-,14+,15+,16+,17+,19-/m0/s1. The maximum absolute atomic E-state index is 12.4. The fraction of sp³-hybridized carbons (Fsp3) is 0.737. The predicted octanol–water partition coefficient (Wildman–Crippen LogP) is -1.42. The van der Waals surface area contributed by atoms with E-state index in [1.807, 2.05) is 0 Å². The van der Waals surface area contributed by atoms with E-state index >= 15 is 0 Å². The van der Waals surface area contributed by atoms with E-state index in [9.17, 15) is 29.1 Å². The molecule has 0 unspecified atom stereocenters. The van der Waals surface area contributed by atoms with Gasteiger partial charge < -0.3 is 38.8 Å². The molecule has 0 aromatic heterocycles. The van der Waals surface area contributed by atoms with Gasteiger partial charge in [-0.05, 0) is 0 Å². The lowest BCUT2D eigenvalue weighted by atomic mass is 9.88. The van der Waals surface area contributed by atoms with Crippen molar-refractivity contribution < 1.29 is 57.5 Å². The normalized spacial score (nSPS) is 26.8. The van der Waals surface area contributed by atoms with Crippen LogP contribution in [-0.2, 0) is 52.4 Å². The molecule has 2 N–H and O–H groups in total. The van der Waals surface area contributed by atoms with Crippen molar-refractivity contribution in [3.8, 4) is 0 Å². The molecule has 6 atom stereocenters. The summed E-state index contributed by atoms with van der Waals surface area (Å²) in [5.74, 6) is -6.08. The Labute approximate surface area is 184 Å². The van der Waals surface area contributed by atoms with Gasteiger partial charge in [-0.2, -0.15) is 0 Å². The molecule has 0 aromatic rings. The molecule has 1 rings (SSSR count). The minimum Gasteiger partial charge on any atom is -0.465 e. The van der Waals surface area contributed by atoms with Gasteiger partial charge in [-0.15, -0.1) is 0 Å². The Bertz CT molecular complexity index is 725. The summed E-state index contributed by atoms with van der Waals surface area (Å²) in [7, 11) is 2.20. The van der Waals surface area contributed by atoms with Crippen LogP contribution in [0.25, 0.3) is 0 Å². The molecule has 1 aliphatic rings. The molecule has 0 bridgehead atoms. The lowest BCUT2D eigenvalue weighted by Crippen LogP contribution is -2.68. The van der Waals surface area contributed by atoms with Gasteiger partial charge in [0, 0.05) is 41.2 Å². The van der Waals surface area contributed by atoms with Crippen molar-refractivity contribution in [1.82, 2.24) is 5.32 Å². The van der Waals surface area contributed by atoms with Crippen LogP contribution in [0.5, 0.6) is 0 Å². The summed E-state index contributed by atoms with van der Waals surface area (Å²) in [4.78, 5) is 59.0. The molecule has 13 heteroatoms. The number of hydrogen-bond donors (Lipinski definition) is 2. The second kappa shape index (κ2) is 11.7. The van der Waals surface area contributed by atoms with Crippen LogP contribution in [0, 0.1) is 0 Å². The van der Waals surface area contributed by atoms with Crippen molar-refractivity contribution in [2.24, 2.45) is 0 Å². The van der Waals surface area contributed by atoms with Crippen LogP contribution in [0.1, 0.15) is 34.1 Å². The number of esters is 4. The van der Waals surface area contributed by atoms with Crippen LogP contribution in [0.4, 0.5) is 0 Å². The number of amides is 1. The zero-order valence-corrected chi connectivity index (χ0v) is 18.7. The summed E-state index contributed by atoms with van der Waals surface area (Å²) in [6, 6.07) is -1.24. The number of nitrogens with one attached hydrogen (secondary N) is 1. The number of aliphatic hydroxyl groups excluding tert-OH is 1. The van der Waals surface area contributed by atoms with Gasteiger partial charge in [0.2, 0.25) is 5.91 Å². The van der Waals surface area contributed by atoms with E-state index < -0.39 is 79.1 Å².